The van der Waals surface area contributed by atoms with Crippen molar-refractivity contribution >= 4 is 44.0 Å². The molecule has 8 heteroatoms. The molecule has 1 amide bonds. The highest BCUT2D eigenvalue weighted by atomic mass is 79.9. The van der Waals surface area contributed by atoms with Crippen LogP contribution in [0.5, 0.6) is 17.2 Å². The van der Waals surface area contributed by atoms with Crippen LogP contribution in [-0.2, 0) is 6.61 Å². The van der Waals surface area contributed by atoms with Gasteiger partial charge in [0.2, 0.25) is 0 Å². The van der Waals surface area contributed by atoms with Crippen molar-refractivity contribution in [2.24, 2.45) is 5.10 Å². The number of amides is 1. The fourth-order valence-electron chi connectivity index (χ4n) is 2.84. The predicted octanol–water partition coefficient (Wildman–Crippen LogP) is 6.35. The van der Waals surface area contributed by atoms with E-state index in [0.29, 0.717) is 30.3 Å². The van der Waals surface area contributed by atoms with Crippen LogP contribution in [0.2, 0.25) is 0 Å². The number of nitrogens with one attached hydrogen (secondary N) is 1. The van der Waals surface area contributed by atoms with Gasteiger partial charge in [-0.25, -0.2) is 5.43 Å². The van der Waals surface area contributed by atoms with Crippen LogP contribution in [0.25, 0.3) is 0 Å². The monoisotopic (exact) mass is 574 g/mol. The van der Waals surface area contributed by atoms with E-state index >= 15 is 0 Å². The number of carbonyl (C=O) groups is 1. The maximum atomic E-state index is 12.3. The molecule has 0 aliphatic carbocycles. The Hall–Kier alpha value is -2.84. The molecule has 1 N–H and O–H groups in total. The molecule has 3 rings (SSSR count). The van der Waals surface area contributed by atoms with Gasteiger partial charge < -0.3 is 14.2 Å². The van der Waals surface area contributed by atoms with E-state index in [9.17, 15) is 4.79 Å². The van der Waals surface area contributed by atoms with Crippen LogP contribution < -0.4 is 19.6 Å². The van der Waals surface area contributed by atoms with Gasteiger partial charge in [0.15, 0.2) is 11.5 Å². The minimum atomic E-state index is -0.311. The van der Waals surface area contributed by atoms with E-state index in [-0.39, 0.29) is 5.91 Å². The van der Waals surface area contributed by atoms with E-state index < -0.39 is 0 Å². The number of ether oxygens (including phenoxy) is 3. The molecular weight excluding hydrogens is 552 g/mol. The number of methoxy groups -OCH3 is 1. The fourth-order valence-corrected chi connectivity index (χ4v) is 3.68. The van der Waals surface area contributed by atoms with Crippen LogP contribution in [0.3, 0.4) is 0 Å². The first-order chi connectivity index (χ1) is 16.0. The van der Waals surface area contributed by atoms with Gasteiger partial charge in [-0.2, -0.15) is 5.10 Å². The Morgan fingerprint density at radius 3 is 2.42 bits per heavy atom. The summed E-state index contributed by atoms with van der Waals surface area (Å²) in [5.74, 6) is 1.56. The van der Waals surface area contributed by atoms with Crippen molar-refractivity contribution in [2.45, 2.75) is 20.0 Å². The highest BCUT2D eigenvalue weighted by molar-refractivity contribution is 9.10. The fraction of sp³-hybridized carbons (Fsp3) is 0.200. The first-order valence-electron chi connectivity index (χ1n) is 10.3. The Morgan fingerprint density at radius 2 is 1.76 bits per heavy atom. The average Bonchev–Trinajstić information content (AvgIpc) is 2.83. The minimum absolute atomic E-state index is 0.311. The first kappa shape index (κ1) is 24.8. The van der Waals surface area contributed by atoms with Crippen LogP contribution in [0.4, 0.5) is 0 Å². The molecule has 33 heavy (non-hydrogen) atoms. The summed E-state index contributed by atoms with van der Waals surface area (Å²) in [6, 6.07) is 18.5. The van der Waals surface area contributed by atoms with Crippen molar-refractivity contribution in [1.82, 2.24) is 5.43 Å². The van der Waals surface area contributed by atoms with Crippen molar-refractivity contribution in [1.29, 1.82) is 0 Å². The van der Waals surface area contributed by atoms with Crippen LogP contribution in [0.1, 0.15) is 34.8 Å². The second kappa shape index (κ2) is 12.4. The van der Waals surface area contributed by atoms with Crippen molar-refractivity contribution < 1.29 is 19.0 Å². The summed E-state index contributed by atoms with van der Waals surface area (Å²) < 4.78 is 18.7. The topological polar surface area (TPSA) is 69.2 Å². The third-order valence-electron chi connectivity index (χ3n) is 4.52. The molecule has 0 saturated heterocycles. The molecule has 0 aliphatic heterocycles. The lowest BCUT2D eigenvalue weighted by Crippen LogP contribution is -2.17. The normalized spacial score (nSPS) is 10.8. The number of hydrogen-bond acceptors (Lipinski definition) is 5. The second-order valence-corrected chi connectivity index (χ2v) is 8.79. The number of hydrazone groups is 1. The zero-order valence-electron chi connectivity index (χ0n) is 18.3. The first-order valence-corrected chi connectivity index (χ1v) is 11.9. The molecular formula is C25H24Br2N2O4. The molecule has 0 aliphatic rings. The molecule has 172 valence electrons. The maximum absolute atomic E-state index is 12.3. The van der Waals surface area contributed by atoms with Gasteiger partial charge >= 0.3 is 0 Å². The van der Waals surface area contributed by atoms with E-state index in [1.165, 1.54) is 0 Å². The largest absolute Gasteiger partial charge is 0.494 e. The predicted molar refractivity (Wildman–Crippen MR) is 136 cm³/mol. The van der Waals surface area contributed by atoms with E-state index in [1.807, 2.05) is 37.3 Å². The highest BCUT2D eigenvalue weighted by Gasteiger charge is 2.12. The molecule has 0 fully saturated rings. The molecule has 0 spiro atoms. The van der Waals surface area contributed by atoms with Gasteiger partial charge in [-0.3, -0.25) is 4.79 Å². The number of hydrogen-bond donors (Lipinski definition) is 1. The zero-order chi connectivity index (χ0) is 23.6. The van der Waals surface area contributed by atoms with Gasteiger partial charge in [-0.1, -0.05) is 35.0 Å². The maximum Gasteiger partial charge on any atom is 0.271 e. The van der Waals surface area contributed by atoms with Crippen molar-refractivity contribution in [3.63, 3.8) is 0 Å². The summed E-state index contributed by atoms with van der Waals surface area (Å²) >= 11 is 6.96. The van der Waals surface area contributed by atoms with Gasteiger partial charge in [0.1, 0.15) is 12.4 Å². The van der Waals surface area contributed by atoms with Crippen LogP contribution in [0.15, 0.2) is 74.7 Å². The highest BCUT2D eigenvalue weighted by Crippen LogP contribution is 2.37. The Morgan fingerprint density at radius 1 is 1.03 bits per heavy atom. The third kappa shape index (κ3) is 7.33. The molecule has 0 unspecified atom stereocenters. The number of benzene rings is 3. The SMILES string of the molecule is CCCOc1ccc(C(=O)N/N=C\c2cc(Br)c(OCc3ccc(Br)cc3)c(OC)c2)cc1. The molecule has 0 radical (unpaired) electrons. The van der Waals surface area contributed by atoms with Gasteiger partial charge in [0.05, 0.1) is 24.4 Å². The van der Waals surface area contributed by atoms with Crippen LogP contribution in [-0.4, -0.2) is 25.8 Å². The standard InChI is InChI=1S/C25H24Br2N2O4/c1-3-12-32-21-10-6-19(7-11-21)25(30)29-28-15-18-13-22(27)24(23(14-18)31-2)33-16-17-4-8-20(26)9-5-17/h4-11,13-15H,3,12,16H2,1-2H3,(H,29,30)/b28-15-. The minimum Gasteiger partial charge on any atom is -0.494 e. The third-order valence-corrected chi connectivity index (χ3v) is 5.63. The molecule has 0 aromatic heterocycles. The lowest BCUT2D eigenvalue weighted by Gasteiger charge is -2.13. The molecule has 0 bridgehead atoms. The second-order valence-electron chi connectivity index (χ2n) is 7.02. The summed E-state index contributed by atoms with van der Waals surface area (Å²) in [7, 11) is 1.57. The summed E-state index contributed by atoms with van der Waals surface area (Å²) in [4.78, 5) is 12.3. The Labute approximate surface area is 210 Å². The Bertz CT molecular complexity index is 1100. The molecule has 6 nitrogen and oxygen atoms in total. The smallest absolute Gasteiger partial charge is 0.271 e. The lowest BCUT2D eigenvalue weighted by molar-refractivity contribution is 0.0955. The number of nitrogens with zero attached hydrogens (tertiary/aromatic N) is 1. The number of carbonyl (C=O) groups excluding carboxylic acids is 1. The quantitative estimate of drug-likeness (QED) is 0.226. The van der Waals surface area contributed by atoms with Crippen molar-refractivity contribution in [2.75, 3.05) is 13.7 Å². The summed E-state index contributed by atoms with van der Waals surface area (Å²) in [5, 5.41) is 4.06. The van der Waals surface area contributed by atoms with Gasteiger partial charge in [0, 0.05) is 10.0 Å². The number of halogens is 2. The van der Waals surface area contributed by atoms with Crippen LogP contribution >= 0.6 is 31.9 Å². The van der Waals surface area contributed by atoms with E-state index in [0.717, 1.165) is 32.2 Å². The van der Waals surface area contributed by atoms with E-state index in [4.69, 9.17) is 14.2 Å². The summed E-state index contributed by atoms with van der Waals surface area (Å²) in [6.45, 7) is 3.08. The summed E-state index contributed by atoms with van der Waals surface area (Å²) in [6.07, 6.45) is 2.47. The molecule has 3 aromatic carbocycles. The van der Waals surface area contributed by atoms with E-state index in [1.54, 1.807) is 43.7 Å². The summed E-state index contributed by atoms with van der Waals surface area (Å²) in [5.41, 5.74) is 4.79. The average molecular weight is 576 g/mol. The molecule has 0 heterocycles. The lowest BCUT2D eigenvalue weighted by atomic mass is 10.2. The molecule has 0 saturated carbocycles. The van der Waals surface area contributed by atoms with E-state index in [2.05, 4.69) is 42.4 Å². The van der Waals surface area contributed by atoms with Crippen molar-refractivity contribution in [3.8, 4) is 17.2 Å². The Balaban J connectivity index is 1.62. The molecule has 0 atom stereocenters. The van der Waals surface area contributed by atoms with Crippen LogP contribution in [0, 0.1) is 0 Å². The Kier molecular flexibility index (Phi) is 9.33. The zero-order valence-corrected chi connectivity index (χ0v) is 21.5. The van der Waals surface area contributed by atoms with Crippen molar-refractivity contribution in [3.05, 3.63) is 86.3 Å². The van der Waals surface area contributed by atoms with Gasteiger partial charge in [0.25, 0.3) is 5.91 Å². The molecule has 3 aromatic rings. The van der Waals surface area contributed by atoms with Gasteiger partial charge in [-0.15, -0.1) is 0 Å². The number of rotatable bonds is 10. The van der Waals surface area contributed by atoms with Gasteiger partial charge in [-0.05, 0) is 82.0 Å².